The van der Waals surface area contributed by atoms with Gasteiger partial charge in [-0.15, -0.1) is 0 Å². The molecule has 0 unspecified atom stereocenters. The first-order valence-corrected chi connectivity index (χ1v) is 5.87. The highest BCUT2D eigenvalue weighted by Crippen LogP contribution is 2.18. The van der Waals surface area contributed by atoms with E-state index in [2.05, 4.69) is 20.3 Å². The van der Waals surface area contributed by atoms with E-state index >= 15 is 0 Å². The van der Waals surface area contributed by atoms with Crippen molar-refractivity contribution < 1.29 is 0 Å². The third-order valence-corrected chi connectivity index (χ3v) is 2.68. The summed E-state index contributed by atoms with van der Waals surface area (Å²) in [6.07, 6.45) is 7.18. The molecule has 5 heteroatoms. The van der Waals surface area contributed by atoms with Crippen LogP contribution in [0.15, 0.2) is 43.0 Å². The molecule has 0 spiro atoms. The van der Waals surface area contributed by atoms with Crippen molar-refractivity contribution in [2.24, 2.45) is 0 Å². The number of pyridine rings is 1. The van der Waals surface area contributed by atoms with Crippen molar-refractivity contribution in [1.82, 2.24) is 19.4 Å². The number of anilines is 1. The molecule has 0 aliphatic carbocycles. The van der Waals surface area contributed by atoms with Crippen LogP contribution in [-0.2, 0) is 0 Å². The largest absolute Gasteiger partial charge is 0.369 e. The lowest BCUT2D eigenvalue weighted by Gasteiger charge is -2.06. The highest BCUT2D eigenvalue weighted by atomic mass is 15.0. The quantitative estimate of drug-likeness (QED) is 0.761. The maximum absolute atomic E-state index is 4.54. The molecule has 3 heterocycles. The minimum Gasteiger partial charge on any atom is -0.369 e. The minimum absolute atomic E-state index is 0.784. The lowest BCUT2D eigenvalue weighted by atomic mass is 10.2. The van der Waals surface area contributed by atoms with Crippen molar-refractivity contribution in [2.45, 2.75) is 6.92 Å². The van der Waals surface area contributed by atoms with E-state index < -0.39 is 0 Å². The number of aromatic nitrogens is 4. The van der Waals surface area contributed by atoms with Crippen LogP contribution < -0.4 is 5.32 Å². The van der Waals surface area contributed by atoms with Crippen molar-refractivity contribution >= 4 is 11.5 Å². The van der Waals surface area contributed by atoms with Crippen molar-refractivity contribution in [3.63, 3.8) is 0 Å². The molecule has 0 saturated heterocycles. The van der Waals surface area contributed by atoms with Gasteiger partial charge in [0, 0.05) is 18.9 Å². The van der Waals surface area contributed by atoms with Crippen molar-refractivity contribution in [2.75, 3.05) is 11.9 Å². The fourth-order valence-corrected chi connectivity index (χ4v) is 1.91. The first-order valence-electron chi connectivity index (χ1n) is 5.87. The van der Waals surface area contributed by atoms with E-state index in [9.17, 15) is 0 Å². The van der Waals surface area contributed by atoms with Crippen LogP contribution in [0.4, 0.5) is 5.82 Å². The Labute approximate surface area is 105 Å². The van der Waals surface area contributed by atoms with Crippen molar-refractivity contribution in [3.8, 4) is 11.4 Å². The van der Waals surface area contributed by atoms with Crippen LogP contribution in [0.3, 0.4) is 0 Å². The average molecular weight is 239 g/mol. The zero-order chi connectivity index (χ0) is 12.4. The Bertz CT molecular complexity index is 674. The lowest BCUT2D eigenvalue weighted by molar-refractivity contribution is 1.10. The summed E-state index contributed by atoms with van der Waals surface area (Å²) in [5, 5.41) is 3.16. The number of hydrogen-bond acceptors (Lipinski definition) is 4. The molecule has 0 amide bonds. The Morgan fingerprint density at radius 3 is 3.11 bits per heavy atom. The van der Waals surface area contributed by atoms with E-state index in [1.165, 1.54) is 0 Å². The molecule has 0 saturated carbocycles. The zero-order valence-corrected chi connectivity index (χ0v) is 10.0. The Kier molecular flexibility index (Phi) is 2.64. The zero-order valence-electron chi connectivity index (χ0n) is 10.0. The first-order chi connectivity index (χ1) is 8.88. The van der Waals surface area contributed by atoms with Crippen LogP contribution in [0.1, 0.15) is 6.92 Å². The molecule has 0 atom stereocenters. The Balaban J connectivity index is 2.13. The molecule has 90 valence electrons. The van der Waals surface area contributed by atoms with Crippen LogP contribution in [0.2, 0.25) is 0 Å². The van der Waals surface area contributed by atoms with E-state index in [-0.39, 0.29) is 0 Å². The van der Waals surface area contributed by atoms with Gasteiger partial charge in [0.1, 0.15) is 17.2 Å². The summed E-state index contributed by atoms with van der Waals surface area (Å²) < 4.78 is 2.00. The summed E-state index contributed by atoms with van der Waals surface area (Å²) >= 11 is 0. The molecule has 0 aliphatic rings. The van der Waals surface area contributed by atoms with Crippen molar-refractivity contribution in [3.05, 3.63) is 43.0 Å². The number of fused-ring (bicyclic) bond motifs is 1. The maximum Gasteiger partial charge on any atom is 0.145 e. The Hall–Kier alpha value is -2.43. The van der Waals surface area contributed by atoms with E-state index in [1.54, 1.807) is 18.6 Å². The molecule has 3 aromatic heterocycles. The number of imidazole rings is 1. The average Bonchev–Trinajstić information content (AvgIpc) is 2.87. The highest BCUT2D eigenvalue weighted by Gasteiger charge is 2.06. The second-order valence-electron chi connectivity index (χ2n) is 3.89. The van der Waals surface area contributed by atoms with Gasteiger partial charge in [0.2, 0.25) is 0 Å². The van der Waals surface area contributed by atoms with E-state index in [4.69, 9.17) is 0 Å². The highest BCUT2D eigenvalue weighted by molar-refractivity contribution is 5.60. The molecule has 0 fully saturated rings. The molecule has 5 nitrogen and oxygen atoms in total. The summed E-state index contributed by atoms with van der Waals surface area (Å²) in [6, 6.07) is 5.94. The molecule has 3 aromatic rings. The fourth-order valence-electron chi connectivity index (χ4n) is 1.91. The molecular weight excluding hydrogens is 226 g/mol. The van der Waals surface area contributed by atoms with Crippen LogP contribution in [-0.4, -0.2) is 25.9 Å². The third-order valence-electron chi connectivity index (χ3n) is 2.68. The molecule has 1 N–H and O–H groups in total. The predicted octanol–water partition coefficient (Wildman–Crippen LogP) is 2.22. The summed E-state index contributed by atoms with van der Waals surface area (Å²) in [6.45, 7) is 2.86. The van der Waals surface area contributed by atoms with E-state index in [1.807, 2.05) is 35.7 Å². The van der Waals surface area contributed by atoms with Gasteiger partial charge < -0.3 is 5.32 Å². The third kappa shape index (κ3) is 1.79. The normalized spacial score (nSPS) is 10.7. The molecule has 0 aromatic carbocycles. The number of nitrogens with zero attached hydrogens (tertiary/aromatic N) is 4. The standard InChI is InChI=1S/C13H13N5/c1-2-15-12-9-14-8-10(17-12)11-4-3-5-13-16-6-7-18(11)13/h3-9H,2H2,1H3,(H,15,17). The lowest BCUT2D eigenvalue weighted by Crippen LogP contribution is -2.01. The number of rotatable bonds is 3. The summed E-state index contributed by atoms with van der Waals surface area (Å²) in [7, 11) is 0. The summed E-state index contributed by atoms with van der Waals surface area (Å²) in [5.41, 5.74) is 2.72. The molecule has 0 bridgehead atoms. The monoisotopic (exact) mass is 239 g/mol. The Morgan fingerprint density at radius 1 is 1.28 bits per heavy atom. The molecule has 0 aliphatic heterocycles. The smallest absolute Gasteiger partial charge is 0.145 e. The molecule has 3 rings (SSSR count). The summed E-state index contributed by atoms with van der Waals surface area (Å²) in [4.78, 5) is 13.0. The SMILES string of the molecule is CCNc1cncc(-c2cccc3nccn23)n1. The molecular formula is C13H13N5. The van der Waals surface area contributed by atoms with Gasteiger partial charge in [-0.1, -0.05) is 6.07 Å². The van der Waals surface area contributed by atoms with Gasteiger partial charge in [-0.25, -0.2) is 9.97 Å². The van der Waals surface area contributed by atoms with Gasteiger partial charge in [0.15, 0.2) is 0 Å². The second-order valence-corrected chi connectivity index (χ2v) is 3.89. The maximum atomic E-state index is 4.54. The second kappa shape index (κ2) is 4.44. The van der Waals surface area contributed by atoms with Crippen LogP contribution in [0, 0.1) is 0 Å². The van der Waals surface area contributed by atoms with Gasteiger partial charge >= 0.3 is 0 Å². The first kappa shape index (κ1) is 10.7. The topological polar surface area (TPSA) is 55.1 Å². The minimum atomic E-state index is 0.784. The summed E-state index contributed by atoms with van der Waals surface area (Å²) in [5.74, 6) is 0.784. The van der Waals surface area contributed by atoms with Gasteiger partial charge in [-0.3, -0.25) is 9.38 Å². The van der Waals surface area contributed by atoms with Crippen molar-refractivity contribution in [1.29, 1.82) is 0 Å². The van der Waals surface area contributed by atoms with Gasteiger partial charge in [0.25, 0.3) is 0 Å². The van der Waals surface area contributed by atoms with Gasteiger partial charge in [-0.2, -0.15) is 0 Å². The van der Waals surface area contributed by atoms with E-state index in [0.29, 0.717) is 0 Å². The molecule has 0 radical (unpaired) electrons. The van der Waals surface area contributed by atoms with E-state index in [0.717, 1.165) is 29.4 Å². The number of nitrogens with one attached hydrogen (secondary N) is 1. The van der Waals surface area contributed by atoms with Gasteiger partial charge in [0.05, 0.1) is 18.1 Å². The number of hydrogen-bond donors (Lipinski definition) is 1. The Morgan fingerprint density at radius 2 is 2.22 bits per heavy atom. The fraction of sp³-hybridized carbons (Fsp3) is 0.154. The van der Waals surface area contributed by atoms with Gasteiger partial charge in [-0.05, 0) is 19.1 Å². The van der Waals surface area contributed by atoms with Crippen LogP contribution >= 0.6 is 0 Å². The van der Waals surface area contributed by atoms with Crippen LogP contribution in [0.25, 0.3) is 17.0 Å². The predicted molar refractivity (Wildman–Crippen MR) is 70.4 cm³/mol. The van der Waals surface area contributed by atoms with Crippen LogP contribution in [0.5, 0.6) is 0 Å². The molecule has 18 heavy (non-hydrogen) atoms.